The van der Waals surface area contributed by atoms with Crippen molar-refractivity contribution in [2.75, 3.05) is 0 Å². The van der Waals surface area contributed by atoms with Crippen LogP contribution in [0.15, 0.2) is 42.5 Å². The van der Waals surface area contributed by atoms with Crippen LogP contribution in [0, 0.1) is 0 Å². The summed E-state index contributed by atoms with van der Waals surface area (Å²) < 4.78 is 0. The number of phenolic OH excluding ortho intramolecular Hbond substituents is 1. The summed E-state index contributed by atoms with van der Waals surface area (Å²) in [6.45, 7) is 0.396. The molecule has 0 atom stereocenters. The van der Waals surface area contributed by atoms with Gasteiger partial charge in [0.25, 0.3) is 5.91 Å². The lowest BCUT2D eigenvalue weighted by atomic mass is 10.1. The molecule has 0 aliphatic rings. The topological polar surface area (TPSA) is 49.3 Å². The third kappa shape index (κ3) is 3.74. The average molecular weight is 355 g/mol. The van der Waals surface area contributed by atoms with E-state index in [1.165, 1.54) is 23.8 Å². The van der Waals surface area contributed by atoms with Gasteiger partial charge in [-0.2, -0.15) is 0 Å². The van der Waals surface area contributed by atoms with Crippen LogP contribution in [0.1, 0.15) is 21.5 Å². The molecule has 0 unspecified atom stereocenters. The third-order valence-corrected chi connectivity index (χ3v) is 3.72. The Balaban J connectivity index is 2.02. The quantitative estimate of drug-likeness (QED) is 0.819. The Labute approximate surface area is 130 Å². The molecule has 0 aliphatic heterocycles. The van der Waals surface area contributed by atoms with E-state index in [2.05, 4.69) is 21.2 Å². The van der Waals surface area contributed by atoms with Crippen LogP contribution in [0.4, 0.5) is 0 Å². The summed E-state index contributed by atoms with van der Waals surface area (Å²) in [5.74, 6) is -0.434. The van der Waals surface area contributed by atoms with E-state index in [-0.39, 0.29) is 17.2 Å². The van der Waals surface area contributed by atoms with Crippen LogP contribution >= 0.6 is 27.5 Å². The van der Waals surface area contributed by atoms with Crippen molar-refractivity contribution in [3.8, 4) is 5.75 Å². The number of alkyl halides is 1. The first-order chi connectivity index (χ1) is 9.60. The monoisotopic (exact) mass is 353 g/mol. The zero-order chi connectivity index (χ0) is 14.5. The van der Waals surface area contributed by atoms with Gasteiger partial charge in [0.05, 0.1) is 5.56 Å². The van der Waals surface area contributed by atoms with Crippen molar-refractivity contribution >= 4 is 33.4 Å². The highest BCUT2D eigenvalue weighted by Crippen LogP contribution is 2.21. The summed E-state index contributed by atoms with van der Waals surface area (Å²) in [7, 11) is 0. The van der Waals surface area contributed by atoms with Crippen molar-refractivity contribution in [1.82, 2.24) is 5.32 Å². The molecule has 0 aliphatic carbocycles. The normalized spacial score (nSPS) is 10.3. The number of halogens is 2. The number of hydrogen-bond acceptors (Lipinski definition) is 2. The summed E-state index contributed by atoms with van der Waals surface area (Å²) in [5.41, 5.74) is 2.34. The fraction of sp³-hybridized carbons (Fsp3) is 0.133. The van der Waals surface area contributed by atoms with Gasteiger partial charge in [0, 0.05) is 16.9 Å². The van der Waals surface area contributed by atoms with Gasteiger partial charge in [0.2, 0.25) is 0 Å². The molecule has 1 amide bonds. The summed E-state index contributed by atoms with van der Waals surface area (Å²) in [6.07, 6.45) is 0. The number of nitrogens with one attached hydrogen (secondary N) is 1. The zero-order valence-electron chi connectivity index (χ0n) is 10.6. The largest absolute Gasteiger partial charge is 0.507 e. The minimum Gasteiger partial charge on any atom is -0.507 e. The Hall–Kier alpha value is -1.52. The first-order valence-corrected chi connectivity index (χ1v) is 7.50. The maximum atomic E-state index is 12.0. The van der Waals surface area contributed by atoms with Gasteiger partial charge in [0.15, 0.2) is 0 Å². The molecule has 0 fully saturated rings. The Morgan fingerprint density at radius 3 is 2.45 bits per heavy atom. The van der Waals surface area contributed by atoms with Crippen molar-refractivity contribution in [3.05, 3.63) is 64.2 Å². The summed E-state index contributed by atoms with van der Waals surface area (Å²) in [5, 5.41) is 13.6. The van der Waals surface area contributed by atoms with E-state index >= 15 is 0 Å². The Morgan fingerprint density at radius 2 is 1.80 bits per heavy atom. The molecule has 0 aromatic heterocycles. The average Bonchev–Trinajstić information content (AvgIpc) is 2.47. The third-order valence-electron chi connectivity index (χ3n) is 2.83. The van der Waals surface area contributed by atoms with Gasteiger partial charge in [-0.05, 0) is 29.3 Å². The highest BCUT2D eigenvalue weighted by atomic mass is 79.9. The van der Waals surface area contributed by atoms with E-state index < -0.39 is 0 Å². The molecule has 2 rings (SSSR count). The lowest BCUT2D eigenvalue weighted by Crippen LogP contribution is -2.22. The minimum absolute atomic E-state index is 0.0819. The Morgan fingerprint density at radius 1 is 1.15 bits per heavy atom. The highest BCUT2D eigenvalue weighted by Gasteiger charge is 2.11. The molecule has 2 aromatic rings. The molecule has 0 saturated carbocycles. The molecule has 0 saturated heterocycles. The van der Waals surface area contributed by atoms with Crippen molar-refractivity contribution in [1.29, 1.82) is 0 Å². The minimum atomic E-state index is -0.352. The Bertz CT molecular complexity index is 614. The molecule has 104 valence electrons. The number of benzene rings is 2. The maximum Gasteiger partial charge on any atom is 0.255 e. The number of aromatic hydroxyl groups is 1. The van der Waals surface area contributed by atoms with Gasteiger partial charge in [-0.15, -0.1) is 0 Å². The molecule has 5 heteroatoms. The smallest absolute Gasteiger partial charge is 0.255 e. The number of rotatable bonds is 4. The van der Waals surface area contributed by atoms with Gasteiger partial charge in [-0.25, -0.2) is 0 Å². The van der Waals surface area contributed by atoms with Gasteiger partial charge < -0.3 is 10.4 Å². The van der Waals surface area contributed by atoms with E-state index in [4.69, 9.17) is 11.6 Å². The highest BCUT2D eigenvalue weighted by molar-refractivity contribution is 9.08. The summed E-state index contributed by atoms with van der Waals surface area (Å²) >= 11 is 9.20. The van der Waals surface area contributed by atoms with Crippen molar-refractivity contribution in [2.24, 2.45) is 0 Å². The molecular formula is C15H13BrClNO2. The van der Waals surface area contributed by atoms with Crippen LogP contribution in [-0.4, -0.2) is 11.0 Å². The molecular weight excluding hydrogens is 342 g/mol. The SMILES string of the molecule is O=C(NCc1ccc(CBr)cc1)c1cc(Cl)ccc1O. The lowest BCUT2D eigenvalue weighted by Gasteiger charge is -2.08. The van der Waals surface area contributed by atoms with Crippen LogP contribution in [0.5, 0.6) is 5.75 Å². The molecule has 0 spiro atoms. The standard InChI is InChI=1S/C15H13BrClNO2/c16-8-10-1-3-11(4-2-10)9-18-15(20)13-7-12(17)5-6-14(13)19/h1-7,19H,8-9H2,(H,18,20). The van der Waals surface area contributed by atoms with Crippen LogP contribution in [0.3, 0.4) is 0 Å². The molecule has 2 aromatic carbocycles. The van der Waals surface area contributed by atoms with E-state index in [9.17, 15) is 9.90 Å². The summed E-state index contributed by atoms with van der Waals surface area (Å²) in [6, 6.07) is 12.3. The van der Waals surface area contributed by atoms with Gasteiger partial charge in [-0.3, -0.25) is 4.79 Å². The number of amides is 1. The van der Waals surface area contributed by atoms with E-state index in [1.807, 2.05) is 24.3 Å². The van der Waals surface area contributed by atoms with Crippen LogP contribution < -0.4 is 5.32 Å². The van der Waals surface area contributed by atoms with Crippen molar-refractivity contribution in [3.63, 3.8) is 0 Å². The van der Waals surface area contributed by atoms with Gasteiger partial charge >= 0.3 is 0 Å². The number of carbonyl (C=O) groups excluding carboxylic acids is 1. The van der Waals surface area contributed by atoms with Crippen LogP contribution in [0.2, 0.25) is 5.02 Å². The Kier molecular flexibility index (Phi) is 5.04. The molecule has 2 N–H and O–H groups in total. The molecule has 0 radical (unpaired) electrons. The van der Waals surface area contributed by atoms with E-state index in [1.54, 1.807) is 0 Å². The molecule has 0 heterocycles. The first kappa shape index (κ1) is 14.9. The predicted octanol–water partition coefficient (Wildman–Crippen LogP) is 3.87. The number of carbonyl (C=O) groups is 1. The number of hydrogen-bond donors (Lipinski definition) is 2. The number of phenols is 1. The van der Waals surface area contributed by atoms with Crippen LogP contribution in [0.25, 0.3) is 0 Å². The fourth-order valence-corrected chi connectivity index (χ4v) is 2.26. The second kappa shape index (κ2) is 6.77. The van der Waals surface area contributed by atoms with E-state index in [0.717, 1.165) is 10.9 Å². The summed E-state index contributed by atoms with van der Waals surface area (Å²) in [4.78, 5) is 12.0. The zero-order valence-corrected chi connectivity index (χ0v) is 12.9. The van der Waals surface area contributed by atoms with E-state index in [0.29, 0.717) is 11.6 Å². The van der Waals surface area contributed by atoms with Crippen molar-refractivity contribution < 1.29 is 9.90 Å². The van der Waals surface area contributed by atoms with Crippen LogP contribution in [-0.2, 0) is 11.9 Å². The molecule has 3 nitrogen and oxygen atoms in total. The lowest BCUT2D eigenvalue weighted by molar-refractivity contribution is 0.0948. The maximum absolute atomic E-state index is 12.0. The van der Waals surface area contributed by atoms with Gasteiger partial charge in [0.1, 0.15) is 5.75 Å². The second-order valence-corrected chi connectivity index (χ2v) is 5.29. The van der Waals surface area contributed by atoms with Gasteiger partial charge in [-0.1, -0.05) is 51.8 Å². The second-order valence-electron chi connectivity index (χ2n) is 4.29. The first-order valence-electron chi connectivity index (χ1n) is 6.00. The van der Waals surface area contributed by atoms with Crippen molar-refractivity contribution in [2.45, 2.75) is 11.9 Å². The fourth-order valence-electron chi connectivity index (χ4n) is 1.71. The molecule has 0 bridgehead atoms. The molecule has 20 heavy (non-hydrogen) atoms. The predicted molar refractivity (Wildman–Crippen MR) is 83.4 cm³/mol.